The van der Waals surface area contributed by atoms with Crippen LogP contribution in [-0.2, 0) is 6.54 Å². The van der Waals surface area contributed by atoms with E-state index < -0.39 is 5.76 Å². The summed E-state index contributed by atoms with van der Waals surface area (Å²) in [6.07, 6.45) is 1.64. The highest BCUT2D eigenvalue weighted by Crippen LogP contribution is 2.12. The topological polar surface area (TPSA) is 68.0 Å². The molecule has 0 aliphatic rings. The summed E-state index contributed by atoms with van der Waals surface area (Å²) in [4.78, 5) is 25.8. The molecule has 0 saturated heterocycles. The van der Waals surface area contributed by atoms with Gasteiger partial charge in [-0.3, -0.25) is 9.78 Å². The summed E-state index contributed by atoms with van der Waals surface area (Å²) in [7, 11) is 0. The Morgan fingerprint density at radius 2 is 2.00 bits per heavy atom. The van der Waals surface area contributed by atoms with Crippen molar-refractivity contribution in [2.24, 2.45) is 0 Å². The van der Waals surface area contributed by atoms with E-state index in [0.717, 1.165) is 16.7 Å². The molecule has 2 heterocycles. The Hall–Kier alpha value is -2.56. The van der Waals surface area contributed by atoms with Crippen molar-refractivity contribution in [2.45, 2.75) is 20.4 Å². The summed E-state index contributed by atoms with van der Waals surface area (Å²) in [5.74, 6) is -0.610. The van der Waals surface area contributed by atoms with Crippen LogP contribution in [0.15, 0.2) is 44.5 Å². The van der Waals surface area contributed by atoms with Crippen molar-refractivity contribution in [1.82, 2.24) is 9.55 Å². The third-order valence-corrected chi connectivity index (χ3v) is 3.40. The number of oxazole rings is 1. The van der Waals surface area contributed by atoms with E-state index in [1.54, 1.807) is 16.8 Å². The Bertz CT molecular complexity index is 899. The number of aromatic amines is 1. The molecular formula is C15H14N2O3. The van der Waals surface area contributed by atoms with E-state index in [1.807, 2.05) is 26.0 Å². The average molecular weight is 270 g/mol. The molecule has 2 aromatic heterocycles. The van der Waals surface area contributed by atoms with Gasteiger partial charge in [0.05, 0.1) is 6.54 Å². The highest BCUT2D eigenvalue weighted by molar-refractivity contribution is 5.70. The van der Waals surface area contributed by atoms with Crippen LogP contribution in [-0.4, -0.2) is 9.55 Å². The number of fused-ring (bicyclic) bond motifs is 1. The minimum absolute atomic E-state index is 0.211. The Morgan fingerprint density at radius 1 is 1.20 bits per heavy atom. The molecule has 0 aliphatic heterocycles. The molecule has 5 heteroatoms. The lowest BCUT2D eigenvalue weighted by Crippen LogP contribution is -2.20. The van der Waals surface area contributed by atoms with Crippen LogP contribution in [0.4, 0.5) is 0 Å². The third kappa shape index (κ3) is 2.07. The van der Waals surface area contributed by atoms with Crippen LogP contribution >= 0.6 is 0 Å². The fourth-order valence-corrected chi connectivity index (χ4v) is 2.26. The molecule has 1 aromatic carbocycles. The highest BCUT2D eigenvalue weighted by atomic mass is 16.4. The molecule has 0 saturated carbocycles. The van der Waals surface area contributed by atoms with Crippen LogP contribution in [0.3, 0.4) is 0 Å². The van der Waals surface area contributed by atoms with Gasteiger partial charge in [0.15, 0.2) is 11.1 Å². The van der Waals surface area contributed by atoms with Crippen molar-refractivity contribution in [2.75, 3.05) is 0 Å². The Kier molecular flexibility index (Phi) is 2.82. The van der Waals surface area contributed by atoms with E-state index in [2.05, 4.69) is 11.1 Å². The number of aryl methyl sites for hydroxylation is 2. The monoisotopic (exact) mass is 270 g/mol. The van der Waals surface area contributed by atoms with E-state index in [1.165, 1.54) is 0 Å². The molecule has 1 N–H and O–H groups in total. The van der Waals surface area contributed by atoms with Gasteiger partial charge in [-0.1, -0.05) is 23.8 Å². The van der Waals surface area contributed by atoms with Crippen LogP contribution in [0.2, 0.25) is 0 Å². The molecule has 20 heavy (non-hydrogen) atoms. The van der Waals surface area contributed by atoms with E-state index in [9.17, 15) is 9.59 Å². The molecule has 3 aromatic rings. The standard InChI is InChI=1S/C15H14N2O3/c1-9-3-4-10(2)11(7-9)8-17-6-5-12-13(14(17)18)16-15(19)20-12/h3-7H,8H2,1-2H3,(H,16,19). The van der Waals surface area contributed by atoms with Crippen LogP contribution in [0.5, 0.6) is 0 Å². The van der Waals surface area contributed by atoms with E-state index in [0.29, 0.717) is 6.54 Å². The summed E-state index contributed by atoms with van der Waals surface area (Å²) >= 11 is 0. The van der Waals surface area contributed by atoms with Gasteiger partial charge in [-0.2, -0.15) is 0 Å². The van der Waals surface area contributed by atoms with Gasteiger partial charge in [-0.05, 0) is 31.0 Å². The number of nitrogens with zero attached hydrogens (tertiary/aromatic N) is 1. The smallest absolute Gasteiger partial charge is 0.408 e. The van der Waals surface area contributed by atoms with Crippen molar-refractivity contribution in [3.63, 3.8) is 0 Å². The van der Waals surface area contributed by atoms with Crippen molar-refractivity contribution >= 4 is 11.1 Å². The maximum absolute atomic E-state index is 12.3. The number of aromatic nitrogens is 2. The summed E-state index contributed by atoms with van der Waals surface area (Å²) in [6, 6.07) is 7.76. The summed E-state index contributed by atoms with van der Waals surface area (Å²) in [5.41, 5.74) is 3.60. The van der Waals surface area contributed by atoms with Crippen molar-refractivity contribution in [3.05, 3.63) is 68.1 Å². The zero-order valence-corrected chi connectivity index (χ0v) is 11.3. The number of H-pyrrole nitrogens is 1. The number of rotatable bonds is 2. The Labute approximate surface area is 114 Å². The zero-order chi connectivity index (χ0) is 14.3. The van der Waals surface area contributed by atoms with Gasteiger partial charge < -0.3 is 8.98 Å². The van der Waals surface area contributed by atoms with Crippen LogP contribution < -0.4 is 11.3 Å². The minimum atomic E-state index is -0.610. The lowest BCUT2D eigenvalue weighted by molar-refractivity contribution is 0.555. The first-order valence-electron chi connectivity index (χ1n) is 6.33. The largest absolute Gasteiger partial charge is 0.417 e. The predicted octanol–water partition coefficient (Wildman–Crippen LogP) is 1.95. The maximum atomic E-state index is 12.3. The molecule has 0 bridgehead atoms. The molecule has 0 unspecified atom stereocenters. The summed E-state index contributed by atoms with van der Waals surface area (Å²) < 4.78 is 6.44. The van der Waals surface area contributed by atoms with Gasteiger partial charge in [-0.25, -0.2) is 4.79 Å². The molecule has 0 spiro atoms. The molecule has 0 atom stereocenters. The third-order valence-electron chi connectivity index (χ3n) is 3.40. The first kappa shape index (κ1) is 12.5. The lowest BCUT2D eigenvalue weighted by atomic mass is 10.1. The van der Waals surface area contributed by atoms with Crippen LogP contribution in [0.1, 0.15) is 16.7 Å². The fourth-order valence-electron chi connectivity index (χ4n) is 2.26. The number of hydrogen-bond acceptors (Lipinski definition) is 3. The van der Waals surface area contributed by atoms with Crippen molar-refractivity contribution in [3.8, 4) is 0 Å². The molecule has 0 fully saturated rings. The molecular weight excluding hydrogens is 256 g/mol. The van der Waals surface area contributed by atoms with Gasteiger partial charge in [-0.15, -0.1) is 0 Å². The lowest BCUT2D eigenvalue weighted by Gasteiger charge is -2.09. The SMILES string of the molecule is Cc1ccc(C)c(Cn2ccc3oc(=O)[nH]c3c2=O)c1. The number of nitrogens with one attached hydrogen (secondary N) is 1. The Morgan fingerprint density at radius 3 is 2.80 bits per heavy atom. The summed E-state index contributed by atoms with van der Waals surface area (Å²) in [5, 5.41) is 0. The zero-order valence-electron chi connectivity index (χ0n) is 11.3. The Balaban J connectivity index is 2.11. The van der Waals surface area contributed by atoms with E-state index in [-0.39, 0.29) is 16.7 Å². The van der Waals surface area contributed by atoms with Gasteiger partial charge in [0.25, 0.3) is 5.56 Å². The summed E-state index contributed by atoms with van der Waals surface area (Å²) in [6.45, 7) is 4.50. The van der Waals surface area contributed by atoms with Crippen LogP contribution in [0.25, 0.3) is 11.1 Å². The van der Waals surface area contributed by atoms with Crippen molar-refractivity contribution in [1.29, 1.82) is 0 Å². The molecule has 5 nitrogen and oxygen atoms in total. The van der Waals surface area contributed by atoms with Gasteiger partial charge in [0.2, 0.25) is 0 Å². The average Bonchev–Trinajstić information content (AvgIpc) is 2.79. The number of hydrogen-bond donors (Lipinski definition) is 1. The highest BCUT2D eigenvalue weighted by Gasteiger charge is 2.09. The van der Waals surface area contributed by atoms with Gasteiger partial charge in [0.1, 0.15) is 0 Å². The minimum Gasteiger partial charge on any atom is -0.408 e. The molecule has 102 valence electrons. The normalized spacial score (nSPS) is 11.1. The van der Waals surface area contributed by atoms with Gasteiger partial charge in [0, 0.05) is 6.20 Å². The second-order valence-corrected chi connectivity index (χ2v) is 4.93. The first-order valence-corrected chi connectivity index (χ1v) is 6.33. The maximum Gasteiger partial charge on any atom is 0.417 e. The van der Waals surface area contributed by atoms with Crippen molar-refractivity contribution < 1.29 is 4.42 Å². The fraction of sp³-hybridized carbons (Fsp3) is 0.200. The molecule has 0 amide bonds. The predicted molar refractivity (Wildman–Crippen MR) is 76.1 cm³/mol. The van der Waals surface area contributed by atoms with E-state index >= 15 is 0 Å². The number of benzene rings is 1. The van der Waals surface area contributed by atoms with Crippen LogP contribution in [0, 0.1) is 13.8 Å². The molecule has 0 aliphatic carbocycles. The molecule has 3 rings (SSSR count). The first-order chi connectivity index (χ1) is 9.54. The van der Waals surface area contributed by atoms with Gasteiger partial charge >= 0.3 is 5.76 Å². The quantitative estimate of drug-likeness (QED) is 0.773. The second-order valence-electron chi connectivity index (χ2n) is 4.93. The van der Waals surface area contributed by atoms with E-state index in [4.69, 9.17) is 4.42 Å². The second kappa shape index (κ2) is 4.52. The number of pyridine rings is 1. The molecule has 0 radical (unpaired) electrons.